The molecular weight excluding hydrogens is 240 g/mol. The monoisotopic (exact) mass is 256 g/mol. The van der Waals surface area contributed by atoms with Crippen molar-refractivity contribution in [3.8, 4) is 12.1 Å². The van der Waals surface area contributed by atoms with Crippen LogP contribution in [0.5, 0.6) is 0 Å². The normalized spacial score (nSPS) is 13.9. The van der Waals surface area contributed by atoms with Crippen molar-refractivity contribution >= 4 is 0 Å². The average molecular weight is 256 g/mol. The van der Waals surface area contributed by atoms with Crippen LogP contribution in [-0.2, 0) is 14.9 Å². The predicted octanol–water partition coefficient (Wildman–Crippen LogP) is 2.54. The molecule has 0 heterocycles. The highest BCUT2D eigenvalue weighted by atomic mass is 16.7. The molecule has 0 N–H and O–H groups in total. The quantitative estimate of drug-likeness (QED) is 0.579. The number of hydrogen-bond donors (Lipinski definition) is 0. The van der Waals surface area contributed by atoms with Gasteiger partial charge in [0.25, 0.3) is 5.60 Å². The third-order valence-electron chi connectivity index (χ3n) is 3.22. The van der Waals surface area contributed by atoms with Crippen molar-refractivity contribution in [2.75, 3.05) is 13.9 Å². The molecule has 1 aromatic carbocycles. The first-order chi connectivity index (χ1) is 9.10. The summed E-state index contributed by atoms with van der Waals surface area (Å²) in [5.41, 5.74) is -1.87. The first kappa shape index (κ1) is 14.9. The standard InChI is InChI=1S/C15H16N2O2/c1-4-14(2,13-8-6-5-7-9-13)15(10-16,11-17)19-12-18-3/h4-9H,1,12H2,2-3H3/t14-/m0/s1. The van der Waals surface area contributed by atoms with Gasteiger partial charge >= 0.3 is 0 Å². The lowest BCUT2D eigenvalue weighted by Gasteiger charge is -2.36. The van der Waals surface area contributed by atoms with E-state index in [1.165, 1.54) is 7.11 Å². The van der Waals surface area contributed by atoms with E-state index < -0.39 is 11.0 Å². The molecule has 0 saturated heterocycles. The molecule has 0 unspecified atom stereocenters. The Morgan fingerprint density at radius 2 is 1.84 bits per heavy atom. The van der Waals surface area contributed by atoms with Crippen LogP contribution in [0.15, 0.2) is 43.0 Å². The first-order valence-corrected chi connectivity index (χ1v) is 5.74. The molecule has 1 aromatic rings. The minimum atomic E-state index is -1.69. The third kappa shape index (κ3) is 2.51. The van der Waals surface area contributed by atoms with E-state index in [1.54, 1.807) is 13.0 Å². The molecule has 0 aliphatic heterocycles. The molecule has 1 rings (SSSR count). The van der Waals surface area contributed by atoms with Gasteiger partial charge in [-0.25, -0.2) is 0 Å². The van der Waals surface area contributed by atoms with Gasteiger partial charge in [0.05, 0.1) is 5.41 Å². The van der Waals surface area contributed by atoms with Crippen LogP contribution < -0.4 is 0 Å². The van der Waals surface area contributed by atoms with Crippen molar-refractivity contribution < 1.29 is 9.47 Å². The first-order valence-electron chi connectivity index (χ1n) is 5.74. The Kier molecular flexibility index (Phi) is 4.83. The third-order valence-corrected chi connectivity index (χ3v) is 3.22. The molecule has 0 fully saturated rings. The highest BCUT2D eigenvalue weighted by Gasteiger charge is 2.50. The SMILES string of the molecule is C=C[C@@](C)(c1ccccc1)C(C#N)(C#N)OCOC. The van der Waals surface area contributed by atoms with Crippen LogP contribution in [0, 0.1) is 22.7 Å². The zero-order valence-corrected chi connectivity index (χ0v) is 11.1. The van der Waals surface area contributed by atoms with Gasteiger partial charge in [0.15, 0.2) is 0 Å². The number of nitrogens with zero attached hydrogens (tertiary/aromatic N) is 2. The van der Waals surface area contributed by atoms with Gasteiger partial charge < -0.3 is 9.47 Å². The molecule has 1 atom stereocenters. The summed E-state index contributed by atoms with van der Waals surface area (Å²) < 4.78 is 10.2. The van der Waals surface area contributed by atoms with Crippen molar-refractivity contribution in [2.24, 2.45) is 0 Å². The Morgan fingerprint density at radius 3 is 2.26 bits per heavy atom. The Bertz CT molecular complexity index is 499. The van der Waals surface area contributed by atoms with E-state index in [4.69, 9.17) is 9.47 Å². The minimum absolute atomic E-state index is 0.141. The highest BCUT2D eigenvalue weighted by Crippen LogP contribution is 2.38. The summed E-state index contributed by atoms with van der Waals surface area (Å²) in [6.45, 7) is 5.36. The second-order valence-corrected chi connectivity index (χ2v) is 4.23. The van der Waals surface area contributed by atoms with Crippen LogP contribution in [0.25, 0.3) is 0 Å². The fraction of sp³-hybridized carbons (Fsp3) is 0.333. The Labute approximate surface area is 113 Å². The molecule has 0 radical (unpaired) electrons. The van der Waals surface area contributed by atoms with Crippen molar-refractivity contribution in [3.63, 3.8) is 0 Å². The van der Waals surface area contributed by atoms with Gasteiger partial charge in [0, 0.05) is 7.11 Å². The van der Waals surface area contributed by atoms with Crippen LogP contribution in [-0.4, -0.2) is 19.5 Å². The summed E-state index contributed by atoms with van der Waals surface area (Å²) in [7, 11) is 1.44. The molecule has 0 aromatic heterocycles. The molecule has 98 valence electrons. The smallest absolute Gasteiger partial charge is 0.256 e. The summed E-state index contributed by atoms with van der Waals surface area (Å²) >= 11 is 0. The van der Waals surface area contributed by atoms with Crippen molar-refractivity contribution in [3.05, 3.63) is 48.6 Å². The lowest BCUT2D eigenvalue weighted by Crippen LogP contribution is -2.49. The van der Waals surface area contributed by atoms with Gasteiger partial charge in [-0.3, -0.25) is 0 Å². The summed E-state index contributed by atoms with van der Waals surface area (Å²) in [5.74, 6) is 0. The summed E-state index contributed by atoms with van der Waals surface area (Å²) in [6, 6.07) is 13.1. The fourth-order valence-corrected chi connectivity index (χ4v) is 1.87. The maximum atomic E-state index is 9.43. The Hall–Kier alpha value is -2.14. The summed E-state index contributed by atoms with van der Waals surface area (Å²) in [5, 5.41) is 18.9. The van der Waals surface area contributed by atoms with Gasteiger partial charge in [0.2, 0.25) is 0 Å². The maximum absolute atomic E-state index is 9.43. The molecular formula is C15H16N2O2. The van der Waals surface area contributed by atoms with Gasteiger partial charge in [-0.2, -0.15) is 10.5 Å². The molecule has 0 spiro atoms. The lowest BCUT2D eigenvalue weighted by molar-refractivity contribution is -0.100. The second kappa shape index (κ2) is 6.15. The van der Waals surface area contributed by atoms with Crippen LogP contribution in [0.2, 0.25) is 0 Å². The van der Waals surface area contributed by atoms with Crippen LogP contribution in [0.4, 0.5) is 0 Å². The number of ether oxygens (including phenoxy) is 2. The zero-order chi connectivity index (χ0) is 14.4. The van der Waals surface area contributed by atoms with E-state index in [0.29, 0.717) is 0 Å². The molecule has 4 heteroatoms. The summed E-state index contributed by atoms with van der Waals surface area (Å²) in [4.78, 5) is 0. The topological polar surface area (TPSA) is 66.0 Å². The van der Waals surface area contributed by atoms with E-state index in [2.05, 4.69) is 6.58 Å². The van der Waals surface area contributed by atoms with Gasteiger partial charge in [-0.05, 0) is 12.5 Å². The Morgan fingerprint density at radius 1 is 1.26 bits per heavy atom. The number of methoxy groups -OCH3 is 1. The number of hydrogen-bond acceptors (Lipinski definition) is 4. The van der Waals surface area contributed by atoms with Crippen LogP contribution in [0.3, 0.4) is 0 Å². The maximum Gasteiger partial charge on any atom is 0.256 e. The van der Waals surface area contributed by atoms with Crippen LogP contribution >= 0.6 is 0 Å². The number of nitriles is 2. The van der Waals surface area contributed by atoms with Gasteiger partial charge in [-0.15, -0.1) is 6.58 Å². The zero-order valence-electron chi connectivity index (χ0n) is 11.1. The highest BCUT2D eigenvalue weighted by molar-refractivity contribution is 5.43. The molecule has 4 nitrogen and oxygen atoms in total. The minimum Gasteiger partial charge on any atom is -0.359 e. The average Bonchev–Trinajstić information content (AvgIpc) is 2.49. The van der Waals surface area contributed by atoms with Gasteiger partial charge in [-0.1, -0.05) is 36.4 Å². The lowest BCUT2D eigenvalue weighted by atomic mass is 9.69. The van der Waals surface area contributed by atoms with E-state index >= 15 is 0 Å². The molecule has 0 aliphatic rings. The van der Waals surface area contributed by atoms with Crippen molar-refractivity contribution in [2.45, 2.75) is 17.9 Å². The predicted molar refractivity (Wildman–Crippen MR) is 70.9 cm³/mol. The van der Waals surface area contributed by atoms with E-state index in [1.807, 2.05) is 42.5 Å². The molecule has 0 bridgehead atoms. The fourth-order valence-electron chi connectivity index (χ4n) is 1.87. The van der Waals surface area contributed by atoms with E-state index in [-0.39, 0.29) is 6.79 Å². The Balaban J connectivity index is 3.36. The number of benzene rings is 1. The van der Waals surface area contributed by atoms with Crippen LogP contribution in [0.1, 0.15) is 12.5 Å². The van der Waals surface area contributed by atoms with Crippen molar-refractivity contribution in [1.29, 1.82) is 10.5 Å². The molecule has 0 amide bonds. The van der Waals surface area contributed by atoms with E-state index in [0.717, 1.165) is 5.56 Å². The van der Waals surface area contributed by atoms with Crippen molar-refractivity contribution in [1.82, 2.24) is 0 Å². The molecule has 19 heavy (non-hydrogen) atoms. The second-order valence-electron chi connectivity index (χ2n) is 4.23. The van der Waals surface area contributed by atoms with E-state index in [9.17, 15) is 10.5 Å². The molecule has 0 aliphatic carbocycles. The molecule has 0 saturated carbocycles. The largest absolute Gasteiger partial charge is 0.359 e. The summed E-state index contributed by atoms with van der Waals surface area (Å²) in [6.07, 6.45) is 1.56. The number of rotatable bonds is 6. The van der Waals surface area contributed by atoms with Gasteiger partial charge in [0.1, 0.15) is 18.9 Å².